The van der Waals surface area contributed by atoms with Crippen LogP contribution >= 0.6 is 15.9 Å². The Hall–Kier alpha value is -1.34. The van der Waals surface area contributed by atoms with Crippen LogP contribution in [0.3, 0.4) is 0 Å². The number of nitrogens with zero attached hydrogens (tertiary/aromatic N) is 3. The van der Waals surface area contributed by atoms with Gasteiger partial charge in [0, 0.05) is 6.04 Å². The second kappa shape index (κ2) is 5.53. The summed E-state index contributed by atoms with van der Waals surface area (Å²) in [5.74, 6) is 0.334. The summed E-state index contributed by atoms with van der Waals surface area (Å²) in [5.41, 5.74) is 0.985. The summed E-state index contributed by atoms with van der Waals surface area (Å²) in [6.07, 6.45) is 0. The first-order valence-electron chi connectivity index (χ1n) is 5.52. The smallest absolute Gasteiger partial charge is 0.191 e. The SMILES string of the molecule is CC(NC(C)c1nn[nH]n1)c1ccc(F)c(Br)c1. The summed E-state index contributed by atoms with van der Waals surface area (Å²) < 4.78 is 13.6. The Labute approximate surface area is 112 Å². The molecule has 18 heavy (non-hydrogen) atoms. The van der Waals surface area contributed by atoms with Crippen molar-refractivity contribution in [1.29, 1.82) is 0 Å². The molecule has 0 aliphatic carbocycles. The third-order valence-electron chi connectivity index (χ3n) is 2.69. The summed E-state index contributed by atoms with van der Waals surface area (Å²) in [7, 11) is 0. The Balaban J connectivity index is 2.07. The van der Waals surface area contributed by atoms with Crippen molar-refractivity contribution in [3.63, 3.8) is 0 Å². The molecule has 96 valence electrons. The number of aromatic amines is 1. The van der Waals surface area contributed by atoms with Crippen molar-refractivity contribution in [2.24, 2.45) is 0 Å². The standard InChI is InChI=1S/C11H13BrFN5/c1-6(8-3-4-10(13)9(12)5-8)14-7(2)11-15-17-18-16-11/h3-7,14H,1-2H3,(H,15,16,17,18). The van der Waals surface area contributed by atoms with E-state index in [1.165, 1.54) is 6.07 Å². The molecule has 2 rings (SSSR count). The maximum Gasteiger partial charge on any atom is 0.191 e. The minimum atomic E-state index is -0.267. The van der Waals surface area contributed by atoms with Crippen molar-refractivity contribution >= 4 is 15.9 Å². The minimum Gasteiger partial charge on any atom is -0.301 e. The fraction of sp³-hybridized carbons (Fsp3) is 0.364. The number of aromatic nitrogens is 4. The Morgan fingerprint density at radius 1 is 1.33 bits per heavy atom. The maximum atomic E-state index is 13.1. The molecule has 0 spiro atoms. The number of halogens is 2. The van der Waals surface area contributed by atoms with Crippen LogP contribution in [-0.2, 0) is 0 Å². The topological polar surface area (TPSA) is 66.5 Å². The van der Waals surface area contributed by atoms with Crippen molar-refractivity contribution in [2.75, 3.05) is 0 Å². The van der Waals surface area contributed by atoms with Gasteiger partial charge in [0.1, 0.15) is 5.82 Å². The average Bonchev–Trinajstić information content (AvgIpc) is 2.86. The molecule has 5 nitrogen and oxygen atoms in total. The molecule has 0 fully saturated rings. The van der Waals surface area contributed by atoms with E-state index in [1.807, 2.05) is 13.8 Å². The van der Waals surface area contributed by atoms with Gasteiger partial charge in [0.15, 0.2) is 5.82 Å². The van der Waals surface area contributed by atoms with Crippen LogP contribution in [0.5, 0.6) is 0 Å². The zero-order valence-corrected chi connectivity index (χ0v) is 11.6. The Bertz CT molecular complexity index is 516. The molecule has 0 aliphatic heterocycles. The van der Waals surface area contributed by atoms with Gasteiger partial charge in [-0.3, -0.25) is 0 Å². The first-order valence-corrected chi connectivity index (χ1v) is 6.31. The van der Waals surface area contributed by atoms with Gasteiger partial charge in [0.25, 0.3) is 0 Å². The molecule has 1 heterocycles. The molecule has 0 amide bonds. The summed E-state index contributed by atoms with van der Waals surface area (Å²) in [4.78, 5) is 0. The quantitative estimate of drug-likeness (QED) is 0.910. The molecule has 1 aromatic heterocycles. The molecular weight excluding hydrogens is 301 g/mol. The number of hydrogen-bond acceptors (Lipinski definition) is 4. The van der Waals surface area contributed by atoms with Crippen molar-refractivity contribution in [3.05, 3.63) is 39.9 Å². The second-order valence-electron chi connectivity index (χ2n) is 4.05. The van der Waals surface area contributed by atoms with Gasteiger partial charge in [-0.15, -0.1) is 10.2 Å². The van der Waals surface area contributed by atoms with Gasteiger partial charge in [0.2, 0.25) is 0 Å². The van der Waals surface area contributed by atoms with Gasteiger partial charge in [-0.2, -0.15) is 5.21 Å². The van der Waals surface area contributed by atoms with Gasteiger partial charge in [-0.05, 0) is 47.5 Å². The number of tetrazole rings is 1. The molecule has 0 radical (unpaired) electrons. The molecule has 1 aromatic carbocycles. The molecule has 7 heteroatoms. The molecule has 2 atom stereocenters. The lowest BCUT2D eigenvalue weighted by atomic mass is 10.1. The normalized spacial score (nSPS) is 14.4. The van der Waals surface area contributed by atoms with Crippen LogP contribution in [0.4, 0.5) is 4.39 Å². The monoisotopic (exact) mass is 313 g/mol. The fourth-order valence-corrected chi connectivity index (χ4v) is 2.08. The van der Waals surface area contributed by atoms with E-state index in [1.54, 1.807) is 12.1 Å². The van der Waals surface area contributed by atoms with Gasteiger partial charge < -0.3 is 5.32 Å². The van der Waals surface area contributed by atoms with Crippen LogP contribution in [0.25, 0.3) is 0 Å². The van der Waals surface area contributed by atoms with Crippen LogP contribution in [0.1, 0.15) is 37.3 Å². The van der Waals surface area contributed by atoms with Crippen LogP contribution in [-0.4, -0.2) is 20.6 Å². The van der Waals surface area contributed by atoms with E-state index in [0.717, 1.165) is 5.56 Å². The third kappa shape index (κ3) is 2.91. The van der Waals surface area contributed by atoms with E-state index in [-0.39, 0.29) is 17.9 Å². The van der Waals surface area contributed by atoms with E-state index in [0.29, 0.717) is 10.3 Å². The van der Waals surface area contributed by atoms with Gasteiger partial charge in [-0.1, -0.05) is 11.3 Å². The van der Waals surface area contributed by atoms with Gasteiger partial charge in [0.05, 0.1) is 10.5 Å². The molecule has 2 N–H and O–H groups in total. The number of benzene rings is 1. The lowest BCUT2D eigenvalue weighted by Crippen LogP contribution is -2.23. The molecule has 0 saturated heterocycles. The van der Waals surface area contributed by atoms with E-state index in [2.05, 4.69) is 41.9 Å². The highest BCUT2D eigenvalue weighted by molar-refractivity contribution is 9.10. The summed E-state index contributed by atoms with van der Waals surface area (Å²) in [5, 5.41) is 17.1. The van der Waals surface area contributed by atoms with Crippen molar-refractivity contribution in [3.8, 4) is 0 Å². The minimum absolute atomic E-state index is 0.0393. The van der Waals surface area contributed by atoms with E-state index < -0.39 is 0 Å². The Morgan fingerprint density at radius 3 is 2.72 bits per heavy atom. The molecule has 0 aliphatic rings. The number of rotatable bonds is 4. The zero-order chi connectivity index (χ0) is 13.1. The van der Waals surface area contributed by atoms with Crippen LogP contribution < -0.4 is 5.32 Å². The predicted molar refractivity (Wildman–Crippen MR) is 68.2 cm³/mol. The summed E-state index contributed by atoms with van der Waals surface area (Å²) in [6, 6.07) is 4.96. The molecular formula is C11H13BrFN5. The van der Waals surface area contributed by atoms with E-state index >= 15 is 0 Å². The van der Waals surface area contributed by atoms with Crippen LogP contribution in [0, 0.1) is 5.82 Å². The molecule has 0 bridgehead atoms. The Morgan fingerprint density at radius 2 is 2.11 bits per heavy atom. The average molecular weight is 314 g/mol. The van der Waals surface area contributed by atoms with Gasteiger partial charge >= 0.3 is 0 Å². The summed E-state index contributed by atoms with van der Waals surface area (Å²) >= 11 is 3.18. The van der Waals surface area contributed by atoms with Crippen molar-refractivity contribution < 1.29 is 4.39 Å². The first-order chi connectivity index (χ1) is 8.58. The Kier molecular flexibility index (Phi) is 4.03. The molecule has 0 saturated carbocycles. The predicted octanol–water partition coefficient (Wildman–Crippen LogP) is 2.51. The lowest BCUT2D eigenvalue weighted by Gasteiger charge is -2.18. The van der Waals surface area contributed by atoms with E-state index in [4.69, 9.17) is 0 Å². The van der Waals surface area contributed by atoms with Crippen LogP contribution in [0.15, 0.2) is 22.7 Å². The molecule has 2 aromatic rings. The maximum absolute atomic E-state index is 13.1. The third-order valence-corrected chi connectivity index (χ3v) is 3.30. The van der Waals surface area contributed by atoms with Crippen molar-refractivity contribution in [2.45, 2.75) is 25.9 Å². The highest BCUT2D eigenvalue weighted by Gasteiger charge is 2.15. The van der Waals surface area contributed by atoms with Crippen molar-refractivity contribution in [1.82, 2.24) is 25.9 Å². The highest BCUT2D eigenvalue weighted by Crippen LogP contribution is 2.22. The number of hydrogen-bond donors (Lipinski definition) is 2. The number of H-pyrrole nitrogens is 1. The lowest BCUT2D eigenvalue weighted by molar-refractivity contribution is 0.476. The largest absolute Gasteiger partial charge is 0.301 e. The van der Waals surface area contributed by atoms with Crippen LogP contribution in [0.2, 0.25) is 0 Å². The van der Waals surface area contributed by atoms with E-state index in [9.17, 15) is 4.39 Å². The highest BCUT2D eigenvalue weighted by atomic mass is 79.9. The second-order valence-corrected chi connectivity index (χ2v) is 4.91. The number of nitrogens with one attached hydrogen (secondary N) is 2. The fourth-order valence-electron chi connectivity index (χ4n) is 1.68. The summed E-state index contributed by atoms with van der Waals surface area (Å²) in [6.45, 7) is 3.94. The van der Waals surface area contributed by atoms with Gasteiger partial charge in [-0.25, -0.2) is 4.39 Å². The molecule has 2 unspecified atom stereocenters. The zero-order valence-electron chi connectivity index (χ0n) is 9.98. The first kappa shape index (κ1) is 13.1.